The maximum absolute atomic E-state index is 9.40. The van der Waals surface area contributed by atoms with Crippen molar-refractivity contribution >= 4 is 16.6 Å². The molecule has 0 spiro atoms. The van der Waals surface area contributed by atoms with Gasteiger partial charge in [-0.2, -0.15) is 0 Å². The molecule has 4 heteroatoms. The van der Waals surface area contributed by atoms with E-state index in [1.807, 2.05) is 24.3 Å². The lowest BCUT2D eigenvalue weighted by Gasteiger charge is -2.21. The molecule has 2 aromatic rings. The van der Waals surface area contributed by atoms with Gasteiger partial charge in [-0.15, -0.1) is 0 Å². The van der Waals surface area contributed by atoms with Crippen LogP contribution in [-0.2, 0) is 0 Å². The number of hydrogen-bond acceptors (Lipinski definition) is 4. The first kappa shape index (κ1) is 13.6. The summed E-state index contributed by atoms with van der Waals surface area (Å²) < 4.78 is 5.22. The van der Waals surface area contributed by atoms with Crippen molar-refractivity contribution in [3.05, 3.63) is 30.5 Å². The Morgan fingerprint density at radius 1 is 1.32 bits per heavy atom. The number of aliphatic hydroxyl groups is 1. The minimum atomic E-state index is 0.000187. The van der Waals surface area contributed by atoms with Gasteiger partial charge in [0, 0.05) is 11.6 Å². The number of aromatic nitrogens is 1. The van der Waals surface area contributed by atoms with Gasteiger partial charge >= 0.3 is 0 Å². The summed E-state index contributed by atoms with van der Waals surface area (Å²) in [6.45, 7) is 4.23. The number of fused-ring (bicyclic) bond motifs is 1. The summed E-state index contributed by atoms with van der Waals surface area (Å²) in [4.78, 5) is 4.37. The molecule has 2 rings (SSSR count). The fourth-order valence-corrected chi connectivity index (χ4v) is 2.00. The van der Waals surface area contributed by atoms with Crippen molar-refractivity contribution in [2.45, 2.75) is 19.9 Å². The van der Waals surface area contributed by atoms with Crippen molar-refractivity contribution in [1.29, 1.82) is 0 Å². The van der Waals surface area contributed by atoms with Crippen LogP contribution in [0, 0.1) is 5.92 Å². The lowest BCUT2D eigenvalue weighted by atomic mass is 10.0. The Bertz CT molecular complexity index is 555. The number of benzene rings is 1. The van der Waals surface area contributed by atoms with Crippen molar-refractivity contribution in [2.75, 3.05) is 19.0 Å². The monoisotopic (exact) mass is 260 g/mol. The molecule has 1 atom stereocenters. The van der Waals surface area contributed by atoms with Gasteiger partial charge in [-0.3, -0.25) is 0 Å². The molecule has 19 heavy (non-hydrogen) atoms. The normalized spacial score (nSPS) is 12.7. The highest BCUT2D eigenvalue weighted by molar-refractivity contribution is 5.92. The Morgan fingerprint density at radius 2 is 2.11 bits per heavy atom. The Balaban J connectivity index is 2.38. The molecule has 1 heterocycles. The van der Waals surface area contributed by atoms with Gasteiger partial charge in [0.1, 0.15) is 11.6 Å². The molecule has 0 bridgehead atoms. The summed E-state index contributed by atoms with van der Waals surface area (Å²) in [6.07, 6.45) is 1.76. The molecule has 0 aliphatic heterocycles. The molecular weight excluding hydrogens is 240 g/mol. The predicted molar refractivity (Wildman–Crippen MR) is 77.6 cm³/mol. The van der Waals surface area contributed by atoms with Crippen LogP contribution in [0.25, 0.3) is 10.8 Å². The van der Waals surface area contributed by atoms with Crippen molar-refractivity contribution in [2.24, 2.45) is 5.92 Å². The molecule has 2 N–H and O–H groups in total. The molecule has 0 saturated heterocycles. The highest BCUT2D eigenvalue weighted by atomic mass is 16.5. The van der Waals surface area contributed by atoms with Gasteiger partial charge in [0.15, 0.2) is 0 Å². The van der Waals surface area contributed by atoms with Crippen molar-refractivity contribution in [3.63, 3.8) is 0 Å². The number of ether oxygens (including phenoxy) is 1. The van der Waals surface area contributed by atoms with E-state index in [-0.39, 0.29) is 12.6 Å². The summed E-state index contributed by atoms with van der Waals surface area (Å²) in [5.74, 6) is 1.96. The fourth-order valence-electron chi connectivity index (χ4n) is 2.00. The first-order chi connectivity index (χ1) is 9.15. The molecule has 0 amide bonds. The van der Waals surface area contributed by atoms with E-state index in [1.54, 1.807) is 13.3 Å². The third-order valence-electron chi connectivity index (χ3n) is 3.30. The van der Waals surface area contributed by atoms with Crippen LogP contribution in [0.3, 0.4) is 0 Å². The van der Waals surface area contributed by atoms with Gasteiger partial charge in [0.2, 0.25) is 0 Å². The first-order valence-electron chi connectivity index (χ1n) is 6.46. The van der Waals surface area contributed by atoms with Gasteiger partial charge in [-0.05, 0) is 35.6 Å². The molecule has 0 radical (unpaired) electrons. The molecule has 0 fully saturated rings. The highest BCUT2D eigenvalue weighted by Gasteiger charge is 2.13. The number of hydrogen-bond donors (Lipinski definition) is 2. The minimum absolute atomic E-state index is 0.000187. The molecule has 102 valence electrons. The number of pyridine rings is 1. The van der Waals surface area contributed by atoms with Gasteiger partial charge in [0.25, 0.3) is 0 Å². The summed E-state index contributed by atoms with van der Waals surface area (Å²) in [6, 6.07) is 7.83. The highest BCUT2D eigenvalue weighted by Crippen LogP contribution is 2.26. The standard InChI is InChI=1S/C15H20N2O2/c1-10(2)14(9-18)17-15-13-5-4-12(19-3)8-11(13)6-7-16-15/h4-8,10,14,18H,9H2,1-3H3,(H,16,17). The second kappa shape index (κ2) is 5.89. The molecule has 1 aromatic heterocycles. The zero-order chi connectivity index (χ0) is 13.8. The van der Waals surface area contributed by atoms with E-state index in [0.717, 1.165) is 22.3 Å². The summed E-state index contributed by atoms with van der Waals surface area (Å²) in [7, 11) is 1.65. The Morgan fingerprint density at radius 3 is 2.74 bits per heavy atom. The number of nitrogens with zero attached hydrogens (tertiary/aromatic N) is 1. The van der Waals surface area contributed by atoms with Crippen LogP contribution in [0.2, 0.25) is 0 Å². The van der Waals surface area contributed by atoms with E-state index in [4.69, 9.17) is 4.74 Å². The quantitative estimate of drug-likeness (QED) is 0.868. The van der Waals surface area contributed by atoms with Gasteiger partial charge < -0.3 is 15.2 Å². The average Bonchev–Trinajstić information content (AvgIpc) is 2.43. The lowest BCUT2D eigenvalue weighted by molar-refractivity contribution is 0.249. The average molecular weight is 260 g/mol. The maximum atomic E-state index is 9.40. The molecule has 0 aliphatic rings. The van der Waals surface area contributed by atoms with Gasteiger partial charge in [-0.1, -0.05) is 13.8 Å². The SMILES string of the molecule is COc1ccc2c(NC(CO)C(C)C)nccc2c1. The second-order valence-electron chi connectivity index (χ2n) is 4.92. The number of methoxy groups -OCH3 is 1. The predicted octanol–water partition coefficient (Wildman–Crippen LogP) is 2.67. The van der Waals surface area contributed by atoms with Gasteiger partial charge in [-0.25, -0.2) is 4.98 Å². The number of aliphatic hydroxyl groups excluding tert-OH is 1. The smallest absolute Gasteiger partial charge is 0.134 e. The van der Waals surface area contributed by atoms with E-state index in [0.29, 0.717) is 5.92 Å². The van der Waals surface area contributed by atoms with Crippen LogP contribution in [0.5, 0.6) is 5.75 Å². The van der Waals surface area contributed by atoms with E-state index >= 15 is 0 Å². The molecule has 0 aliphatic carbocycles. The number of rotatable bonds is 5. The summed E-state index contributed by atoms with van der Waals surface area (Å²) >= 11 is 0. The summed E-state index contributed by atoms with van der Waals surface area (Å²) in [5, 5.41) is 14.8. The first-order valence-corrected chi connectivity index (χ1v) is 6.46. The number of anilines is 1. The molecular formula is C15H20N2O2. The van der Waals surface area contributed by atoms with Crippen LogP contribution < -0.4 is 10.1 Å². The minimum Gasteiger partial charge on any atom is -0.497 e. The van der Waals surface area contributed by atoms with Crippen LogP contribution in [0.1, 0.15) is 13.8 Å². The van der Waals surface area contributed by atoms with E-state index in [2.05, 4.69) is 24.1 Å². The largest absolute Gasteiger partial charge is 0.497 e. The summed E-state index contributed by atoms with van der Waals surface area (Å²) in [5.41, 5.74) is 0. The van der Waals surface area contributed by atoms with E-state index < -0.39 is 0 Å². The molecule has 1 aromatic carbocycles. The van der Waals surface area contributed by atoms with Gasteiger partial charge in [0.05, 0.1) is 19.8 Å². The van der Waals surface area contributed by atoms with Crippen molar-refractivity contribution in [1.82, 2.24) is 4.98 Å². The van der Waals surface area contributed by atoms with E-state index in [9.17, 15) is 5.11 Å². The zero-order valence-corrected chi connectivity index (χ0v) is 11.6. The second-order valence-corrected chi connectivity index (χ2v) is 4.92. The van der Waals surface area contributed by atoms with Crippen LogP contribution in [-0.4, -0.2) is 29.8 Å². The Hall–Kier alpha value is -1.81. The molecule has 1 unspecified atom stereocenters. The van der Waals surface area contributed by atoms with Crippen LogP contribution in [0.4, 0.5) is 5.82 Å². The van der Waals surface area contributed by atoms with E-state index in [1.165, 1.54) is 0 Å². The zero-order valence-electron chi connectivity index (χ0n) is 11.6. The fraction of sp³-hybridized carbons (Fsp3) is 0.400. The van der Waals surface area contributed by atoms with Crippen molar-refractivity contribution < 1.29 is 9.84 Å². The topological polar surface area (TPSA) is 54.4 Å². The number of nitrogens with one attached hydrogen (secondary N) is 1. The Labute approximate surface area is 113 Å². The molecule has 0 saturated carbocycles. The van der Waals surface area contributed by atoms with Crippen LogP contribution in [0.15, 0.2) is 30.5 Å². The molecule has 4 nitrogen and oxygen atoms in total. The lowest BCUT2D eigenvalue weighted by Crippen LogP contribution is -2.29. The third kappa shape index (κ3) is 2.96. The third-order valence-corrected chi connectivity index (χ3v) is 3.30. The van der Waals surface area contributed by atoms with Crippen molar-refractivity contribution in [3.8, 4) is 5.75 Å². The maximum Gasteiger partial charge on any atom is 0.134 e. The Kier molecular flexibility index (Phi) is 4.22. The van der Waals surface area contributed by atoms with Crippen LogP contribution >= 0.6 is 0 Å².